The van der Waals surface area contributed by atoms with Crippen molar-refractivity contribution in [2.45, 2.75) is 32.2 Å². The van der Waals surface area contributed by atoms with Crippen molar-refractivity contribution in [1.29, 1.82) is 0 Å². The van der Waals surface area contributed by atoms with Crippen LogP contribution in [0.2, 0.25) is 0 Å². The van der Waals surface area contributed by atoms with Crippen molar-refractivity contribution in [2.75, 3.05) is 13.1 Å². The van der Waals surface area contributed by atoms with Crippen molar-refractivity contribution in [3.05, 3.63) is 46.3 Å². The summed E-state index contributed by atoms with van der Waals surface area (Å²) in [7, 11) is 0. The highest BCUT2D eigenvalue weighted by atomic mass is 16.4. The molecule has 6 heteroatoms. The molecule has 0 amide bonds. The summed E-state index contributed by atoms with van der Waals surface area (Å²) < 4.78 is 11.5. The van der Waals surface area contributed by atoms with E-state index in [2.05, 4.69) is 4.90 Å². The Morgan fingerprint density at radius 1 is 0.931 bits per heavy atom. The second-order valence-corrected chi connectivity index (χ2v) is 8.59. The molecule has 1 aliphatic carbocycles. The zero-order valence-corrected chi connectivity index (χ0v) is 15.9. The van der Waals surface area contributed by atoms with Gasteiger partial charge >= 0.3 is 5.63 Å². The van der Waals surface area contributed by atoms with Crippen LogP contribution in [0.1, 0.15) is 31.2 Å². The first kappa shape index (κ1) is 16.9. The Morgan fingerprint density at radius 2 is 1.72 bits per heavy atom. The van der Waals surface area contributed by atoms with Crippen molar-refractivity contribution >= 4 is 32.9 Å². The molecule has 2 aromatic heterocycles. The number of phenols is 2. The smallest absolute Gasteiger partial charge is 0.348 e. The van der Waals surface area contributed by atoms with Crippen LogP contribution >= 0.6 is 0 Å². The predicted octanol–water partition coefficient (Wildman–Crippen LogP) is 4.48. The van der Waals surface area contributed by atoms with Gasteiger partial charge in [-0.3, -0.25) is 4.90 Å². The zero-order chi connectivity index (χ0) is 19.8. The molecule has 0 bridgehead atoms. The molecule has 148 valence electrons. The third-order valence-corrected chi connectivity index (χ3v) is 6.81. The van der Waals surface area contributed by atoms with Gasteiger partial charge in [0.25, 0.3) is 0 Å². The average molecular weight is 391 g/mol. The molecule has 4 aromatic rings. The third kappa shape index (κ3) is 2.55. The second kappa shape index (κ2) is 5.76. The molecular weight excluding hydrogens is 370 g/mol. The number of nitrogens with zero attached hydrogens (tertiary/aromatic N) is 1. The number of furan rings is 1. The highest BCUT2D eigenvalue weighted by Crippen LogP contribution is 2.53. The molecule has 2 N–H and O–H groups in total. The molecule has 6 nitrogen and oxygen atoms in total. The summed E-state index contributed by atoms with van der Waals surface area (Å²) in [6.45, 7) is 2.58. The molecular formula is C23H21NO5. The first-order valence-electron chi connectivity index (χ1n) is 10.1. The monoisotopic (exact) mass is 391 g/mol. The Bertz CT molecular complexity index is 1330. The molecule has 0 unspecified atom stereocenters. The van der Waals surface area contributed by atoms with Gasteiger partial charge in [0.15, 0.2) is 5.58 Å². The van der Waals surface area contributed by atoms with Crippen LogP contribution < -0.4 is 5.63 Å². The first-order valence-corrected chi connectivity index (χ1v) is 10.1. The Balaban J connectivity index is 1.54. The summed E-state index contributed by atoms with van der Waals surface area (Å²) in [4.78, 5) is 15.2. The van der Waals surface area contributed by atoms with Gasteiger partial charge in [0.05, 0.1) is 5.39 Å². The lowest BCUT2D eigenvalue weighted by atomic mass is 9.93. The minimum Gasteiger partial charge on any atom is -0.508 e. The van der Waals surface area contributed by atoms with Gasteiger partial charge in [0, 0.05) is 23.6 Å². The summed E-state index contributed by atoms with van der Waals surface area (Å²) in [6, 6.07) is 7.94. The van der Waals surface area contributed by atoms with Gasteiger partial charge in [-0.05, 0) is 68.5 Å². The van der Waals surface area contributed by atoms with E-state index in [9.17, 15) is 15.0 Å². The Labute approximate surface area is 165 Å². The van der Waals surface area contributed by atoms with E-state index >= 15 is 0 Å². The number of fused-ring (bicyclic) bond motifs is 5. The highest BCUT2D eigenvalue weighted by molar-refractivity contribution is 6.14. The Kier molecular flexibility index (Phi) is 3.36. The average Bonchev–Trinajstić information content (AvgIpc) is 3.33. The summed E-state index contributed by atoms with van der Waals surface area (Å²) in [5.74, 6) is 0.185. The first-order chi connectivity index (χ1) is 14.0. The molecule has 0 atom stereocenters. The fraction of sp³-hybridized carbons (Fsp3) is 0.348. The number of benzene rings is 2. The lowest BCUT2D eigenvalue weighted by Gasteiger charge is -2.32. The number of likely N-dealkylation sites (tertiary alicyclic amines) is 1. The molecule has 6 rings (SSSR count). The van der Waals surface area contributed by atoms with E-state index in [1.165, 1.54) is 37.8 Å². The van der Waals surface area contributed by atoms with Crippen LogP contribution in [0, 0.1) is 5.41 Å². The summed E-state index contributed by atoms with van der Waals surface area (Å²) in [5, 5.41) is 21.9. The highest BCUT2D eigenvalue weighted by Gasteiger charge is 2.44. The predicted molar refractivity (Wildman–Crippen MR) is 109 cm³/mol. The van der Waals surface area contributed by atoms with Gasteiger partial charge in [0.1, 0.15) is 28.1 Å². The zero-order valence-electron chi connectivity index (χ0n) is 15.9. The van der Waals surface area contributed by atoms with Crippen molar-refractivity contribution in [3.63, 3.8) is 0 Å². The number of aromatic hydroxyl groups is 2. The van der Waals surface area contributed by atoms with Crippen LogP contribution in [0.5, 0.6) is 11.5 Å². The molecule has 1 spiro atoms. The molecule has 1 saturated carbocycles. The van der Waals surface area contributed by atoms with Crippen LogP contribution in [-0.2, 0) is 6.54 Å². The van der Waals surface area contributed by atoms with Crippen molar-refractivity contribution in [3.8, 4) is 11.5 Å². The van der Waals surface area contributed by atoms with Gasteiger partial charge in [-0.25, -0.2) is 4.79 Å². The lowest BCUT2D eigenvalue weighted by Crippen LogP contribution is -2.34. The van der Waals surface area contributed by atoms with Gasteiger partial charge in [-0.2, -0.15) is 0 Å². The fourth-order valence-corrected chi connectivity index (χ4v) is 4.81. The molecule has 2 fully saturated rings. The maximum absolute atomic E-state index is 12.8. The van der Waals surface area contributed by atoms with E-state index in [0.29, 0.717) is 44.8 Å². The lowest BCUT2D eigenvalue weighted by molar-refractivity contribution is 0.165. The molecule has 3 heterocycles. The largest absolute Gasteiger partial charge is 0.508 e. The molecule has 1 saturated heterocycles. The number of rotatable bonds is 2. The van der Waals surface area contributed by atoms with E-state index in [1.807, 2.05) is 0 Å². The minimum atomic E-state index is -0.528. The molecule has 29 heavy (non-hydrogen) atoms. The Morgan fingerprint density at radius 3 is 2.48 bits per heavy atom. The maximum atomic E-state index is 12.8. The van der Waals surface area contributed by atoms with Crippen LogP contribution in [0.3, 0.4) is 0 Å². The van der Waals surface area contributed by atoms with Gasteiger partial charge < -0.3 is 19.0 Å². The summed E-state index contributed by atoms with van der Waals surface area (Å²) in [5.41, 5.74) is 2.01. The second-order valence-electron chi connectivity index (χ2n) is 8.59. The number of piperidine rings is 1. The summed E-state index contributed by atoms with van der Waals surface area (Å²) >= 11 is 0. The minimum absolute atomic E-state index is 0.0213. The van der Waals surface area contributed by atoms with Gasteiger partial charge in [-0.1, -0.05) is 0 Å². The van der Waals surface area contributed by atoms with E-state index in [4.69, 9.17) is 8.83 Å². The Hall–Kier alpha value is -2.99. The van der Waals surface area contributed by atoms with Crippen LogP contribution in [0.25, 0.3) is 32.9 Å². The topological polar surface area (TPSA) is 87.0 Å². The number of phenolic OH excluding ortho intramolecular Hbond substituents is 2. The maximum Gasteiger partial charge on any atom is 0.348 e. The van der Waals surface area contributed by atoms with Crippen molar-refractivity contribution in [2.24, 2.45) is 5.41 Å². The molecule has 2 aromatic carbocycles. The SMILES string of the molecule is O=c1oc2cc(O)ccc2c2oc3ccc(O)c(CN4CCC5(CC4)CC5)c3c12. The standard InChI is InChI=1S/C23H21NO5/c25-13-1-2-14-18(11-13)29-22(27)20-19-15(16(26)3-4-17(19)28-21(14)20)12-24-9-7-23(5-6-23)8-10-24/h1-4,11,25-26H,5-10,12H2. The normalized spacial score (nSPS) is 18.9. The van der Waals surface area contributed by atoms with Gasteiger partial charge in [-0.15, -0.1) is 0 Å². The van der Waals surface area contributed by atoms with Gasteiger partial charge in [0.2, 0.25) is 0 Å². The van der Waals surface area contributed by atoms with E-state index in [1.54, 1.807) is 18.2 Å². The van der Waals surface area contributed by atoms with Crippen LogP contribution in [-0.4, -0.2) is 28.2 Å². The number of hydrogen-bond acceptors (Lipinski definition) is 6. The molecule has 0 radical (unpaired) electrons. The quantitative estimate of drug-likeness (QED) is 0.490. The van der Waals surface area contributed by atoms with Crippen LogP contribution in [0.4, 0.5) is 0 Å². The third-order valence-electron chi connectivity index (χ3n) is 6.81. The van der Waals surface area contributed by atoms with E-state index < -0.39 is 5.63 Å². The number of hydrogen-bond donors (Lipinski definition) is 2. The van der Waals surface area contributed by atoms with E-state index in [-0.39, 0.29) is 17.1 Å². The summed E-state index contributed by atoms with van der Waals surface area (Å²) in [6.07, 6.45) is 5.09. The van der Waals surface area contributed by atoms with Crippen molar-refractivity contribution < 1.29 is 19.0 Å². The van der Waals surface area contributed by atoms with Crippen LogP contribution in [0.15, 0.2) is 44.0 Å². The fourth-order valence-electron chi connectivity index (χ4n) is 4.81. The molecule has 1 aliphatic heterocycles. The van der Waals surface area contributed by atoms with E-state index in [0.717, 1.165) is 13.1 Å². The van der Waals surface area contributed by atoms with Crippen molar-refractivity contribution in [1.82, 2.24) is 4.90 Å². The molecule has 2 aliphatic rings.